The van der Waals surface area contributed by atoms with Crippen molar-refractivity contribution >= 4 is 17.5 Å². The highest BCUT2D eigenvalue weighted by molar-refractivity contribution is 6.64. The van der Waals surface area contributed by atoms with Crippen LogP contribution in [0.5, 0.6) is 0 Å². The first kappa shape index (κ1) is 18.6. The van der Waals surface area contributed by atoms with Crippen LogP contribution < -0.4 is 0 Å². The first-order valence-corrected chi connectivity index (χ1v) is 8.25. The monoisotopic (exact) mass is 337 g/mol. The summed E-state index contributed by atoms with van der Waals surface area (Å²) in [5.74, 6) is -2.38. The van der Waals surface area contributed by atoms with Gasteiger partial charge in [-0.15, -0.1) is 0 Å². The van der Waals surface area contributed by atoms with Crippen LogP contribution in [0.3, 0.4) is 0 Å². The van der Waals surface area contributed by atoms with Gasteiger partial charge in [0, 0.05) is 18.5 Å². The lowest BCUT2D eigenvalue weighted by Gasteiger charge is -2.24. The van der Waals surface area contributed by atoms with Gasteiger partial charge in [-0.2, -0.15) is 0 Å². The van der Waals surface area contributed by atoms with Crippen molar-refractivity contribution in [3.8, 4) is 0 Å². The van der Waals surface area contributed by atoms with E-state index < -0.39 is 22.9 Å². The number of carbonyl (C=O) groups is 3. The van der Waals surface area contributed by atoms with E-state index in [4.69, 9.17) is 0 Å². The van der Waals surface area contributed by atoms with E-state index in [1.54, 1.807) is 20.8 Å². The van der Waals surface area contributed by atoms with Gasteiger partial charge in [-0.3, -0.25) is 14.4 Å². The second kappa shape index (κ2) is 7.88. The van der Waals surface area contributed by atoms with Crippen LogP contribution >= 0.6 is 0 Å². The molecule has 0 spiro atoms. The lowest BCUT2D eigenvalue weighted by molar-refractivity contribution is -0.152. The summed E-state index contributed by atoms with van der Waals surface area (Å²) in [4.78, 5) is 38.7. The van der Waals surface area contributed by atoms with Gasteiger partial charge in [0.15, 0.2) is 0 Å². The molecule has 0 fully saturated rings. The number of hydrogen-bond acceptors (Lipinski definition) is 3. The number of rotatable bonds is 6. The van der Waals surface area contributed by atoms with E-state index in [2.05, 4.69) is 0 Å². The van der Waals surface area contributed by atoms with Gasteiger partial charge in [0.05, 0.1) is 0 Å². The van der Waals surface area contributed by atoms with Crippen LogP contribution in [0.2, 0.25) is 0 Å². The average molecular weight is 337 g/mol. The topological polar surface area (TPSA) is 54.5 Å². The summed E-state index contributed by atoms with van der Waals surface area (Å²) in [6, 6.07) is 18.9. The quantitative estimate of drug-likeness (QED) is 0.600. The molecule has 0 aliphatic rings. The number of Topliss-reactive ketones (excluding diaryl/α,β-unsaturated/α-hetero) is 2. The molecule has 1 amide bonds. The molecule has 0 atom stereocenters. The normalized spacial score (nSPS) is 11.0. The Morgan fingerprint density at radius 3 is 1.52 bits per heavy atom. The van der Waals surface area contributed by atoms with Crippen LogP contribution in [0.15, 0.2) is 60.7 Å². The predicted octanol–water partition coefficient (Wildman–Crippen LogP) is 3.40. The van der Waals surface area contributed by atoms with Gasteiger partial charge in [-0.25, -0.2) is 0 Å². The molecule has 0 bridgehead atoms. The summed E-state index contributed by atoms with van der Waals surface area (Å²) in [5.41, 5.74) is 0.934. The van der Waals surface area contributed by atoms with Crippen LogP contribution in [-0.4, -0.2) is 22.4 Å². The molecule has 130 valence electrons. The zero-order valence-corrected chi connectivity index (χ0v) is 14.9. The van der Waals surface area contributed by atoms with E-state index in [-0.39, 0.29) is 13.1 Å². The van der Waals surface area contributed by atoms with E-state index in [9.17, 15) is 14.4 Å². The van der Waals surface area contributed by atoms with Crippen LogP contribution in [0.25, 0.3) is 0 Å². The average Bonchev–Trinajstić information content (AvgIpc) is 2.60. The molecule has 0 N–H and O–H groups in total. The maximum atomic E-state index is 12.7. The minimum atomic E-state index is -0.959. The Labute approximate surface area is 148 Å². The van der Waals surface area contributed by atoms with Crippen molar-refractivity contribution in [1.82, 2.24) is 4.90 Å². The Morgan fingerprint density at radius 2 is 1.16 bits per heavy atom. The number of carbonyl (C=O) groups excluding carboxylic acids is 3. The van der Waals surface area contributed by atoms with Gasteiger partial charge in [0.2, 0.25) is 5.78 Å². The van der Waals surface area contributed by atoms with Gasteiger partial charge < -0.3 is 4.90 Å². The Kier molecular flexibility index (Phi) is 5.86. The number of benzene rings is 2. The van der Waals surface area contributed by atoms with E-state index in [0.29, 0.717) is 0 Å². The predicted molar refractivity (Wildman–Crippen MR) is 96.6 cm³/mol. The van der Waals surface area contributed by atoms with Crippen LogP contribution in [0.1, 0.15) is 31.9 Å². The highest BCUT2D eigenvalue weighted by Crippen LogP contribution is 2.17. The fourth-order valence-corrected chi connectivity index (χ4v) is 2.39. The van der Waals surface area contributed by atoms with E-state index in [0.717, 1.165) is 11.1 Å². The molecule has 0 aromatic heterocycles. The Bertz CT molecular complexity index is 704. The summed E-state index contributed by atoms with van der Waals surface area (Å²) in [7, 11) is 0. The minimum absolute atomic E-state index is 0.276. The van der Waals surface area contributed by atoms with Crippen LogP contribution in [0, 0.1) is 5.41 Å². The van der Waals surface area contributed by atoms with Gasteiger partial charge in [0.1, 0.15) is 0 Å². The first-order valence-electron chi connectivity index (χ1n) is 8.25. The fourth-order valence-electron chi connectivity index (χ4n) is 2.39. The summed E-state index contributed by atoms with van der Waals surface area (Å²) >= 11 is 0. The largest absolute Gasteiger partial charge is 0.327 e. The van der Waals surface area contributed by atoms with Crippen molar-refractivity contribution in [2.75, 3.05) is 0 Å². The van der Waals surface area contributed by atoms with E-state index >= 15 is 0 Å². The lowest BCUT2D eigenvalue weighted by atomic mass is 9.88. The number of nitrogens with zero attached hydrogens (tertiary/aromatic N) is 1. The molecular formula is C21H23NO3. The number of ketones is 2. The number of hydrogen-bond donors (Lipinski definition) is 0. The molecule has 4 heteroatoms. The molecule has 2 rings (SSSR count). The molecule has 4 nitrogen and oxygen atoms in total. The molecule has 25 heavy (non-hydrogen) atoms. The third kappa shape index (κ3) is 5.11. The molecule has 0 unspecified atom stereocenters. The van der Waals surface area contributed by atoms with E-state index in [1.807, 2.05) is 60.7 Å². The second-order valence-corrected chi connectivity index (χ2v) is 7.04. The zero-order valence-electron chi connectivity index (χ0n) is 14.9. The highest BCUT2D eigenvalue weighted by atomic mass is 16.2. The molecule has 2 aromatic carbocycles. The Morgan fingerprint density at radius 1 is 0.760 bits per heavy atom. The summed E-state index contributed by atoms with van der Waals surface area (Å²) in [5, 5.41) is 0. The van der Waals surface area contributed by atoms with Crippen molar-refractivity contribution in [1.29, 1.82) is 0 Å². The maximum absolute atomic E-state index is 12.7. The van der Waals surface area contributed by atoms with Gasteiger partial charge in [0.25, 0.3) is 11.7 Å². The molecule has 0 aliphatic carbocycles. The molecular weight excluding hydrogens is 314 g/mol. The maximum Gasteiger partial charge on any atom is 0.298 e. The Hall–Kier alpha value is -2.75. The van der Waals surface area contributed by atoms with Gasteiger partial charge >= 0.3 is 0 Å². The number of amides is 1. The van der Waals surface area contributed by atoms with Crippen molar-refractivity contribution in [2.45, 2.75) is 33.9 Å². The third-order valence-corrected chi connectivity index (χ3v) is 3.80. The summed E-state index contributed by atoms with van der Waals surface area (Å²) < 4.78 is 0. The van der Waals surface area contributed by atoms with Gasteiger partial charge in [-0.1, -0.05) is 81.4 Å². The third-order valence-electron chi connectivity index (χ3n) is 3.80. The van der Waals surface area contributed by atoms with Crippen molar-refractivity contribution in [2.24, 2.45) is 5.41 Å². The molecule has 0 radical (unpaired) electrons. The first-order chi connectivity index (χ1) is 11.8. The SMILES string of the molecule is CC(C)(C)C(=O)C(=O)C(=O)N(Cc1ccccc1)Cc1ccccc1. The molecule has 0 heterocycles. The molecule has 0 saturated carbocycles. The van der Waals surface area contributed by atoms with Crippen molar-refractivity contribution in [3.63, 3.8) is 0 Å². The van der Waals surface area contributed by atoms with Crippen molar-refractivity contribution < 1.29 is 14.4 Å². The standard InChI is InChI=1S/C21H23NO3/c1-21(2,3)19(24)18(23)20(25)22(14-16-10-6-4-7-11-16)15-17-12-8-5-9-13-17/h4-13H,14-15H2,1-3H3. The zero-order chi connectivity index (χ0) is 18.4. The van der Waals surface area contributed by atoms with Gasteiger partial charge in [-0.05, 0) is 11.1 Å². The molecule has 0 aliphatic heterocycles. The van der Waals surface area contributed by atoms with Crippen LogP contribution in [0.4, 0.5) is 0 Å². The van der Waals surface area contributed by atoms with E-state index in [1.165, 1.54) is 4.90 Å². The van der Waals surface area contributed by atoms with Crippen LogP contribution in [-0.2, 0) is 27.5 Å². The summed E-state index contributed by atoms with van der Waals surface area (Å²) in [6.07, 6.45) is 0. The summed E-state index contributed by atoms with van der Waals surface area (Å²) in [6.45, 7) is 5.47. The van der Waals surface area contributed by atoms with Crippen molar-refractivity contribution in [3.05, 3.63) is 71.8 Å². The second-order valence-electron chi connectivity index (χ2n) is 7.04. The molecule has 0 saturated heterocycles. The molecule has 2 aromatic rings. The smallest absolute Gasteiger partial charge is 0.298 e. The fraction of sp³-hybridized carbons (Fsp3) is 0.286. The minimum Gasteiger partial charge on any atom is -0.327 e. The Balaban J connectivity index is 2.25. The lowest BCUT2D eigenvalue weighted by Crippen LogP contribution is -2.42. The highest BCUT2D eigenvalue weighted by Gasteiger charge is 2.35.